The van der Waals surface area contributed by atoms with Crippen LogP contribution in [-0.2, 0) is 6.18 Å². The Bertz CT molecular complexity index is 1230. The van der Waals surface area contributed by atoms with E-state index in [-0.39, 0.29) is 29.9 Å². The molecule has 2 fully saturated rings. The monoisotopic (exact) mass is 468 g/mol. The van der Waals surface area contributed by atoms with E-state index in [9.17, 15) is 18.0 Å². The molecule has 34 heavy (non-hydrogen) atoms. The lowest BCUT2D eigenvalue weighted by molar-refractivity contribution is -0.137. The zero-order valence-corrected chi connectivity index (χ0v) is 18.7. The number of rotatable bonds is 4. The van der Waals surface area contributed by atoms with Crippen LogP contribution in [0.25, 0.3) is 11.4 Å². The molecule has 0 spiro atoms. The summed E-state index contributed by atoms with van der Waals surface area (Å²) in [4.78, 5) is 28.3. The Labute approximate surface area is 194 Å². The van der Waals surface area contributed by atoms with Crippen LogP contribution in [-0.4, -0.2) is 44.4 Å². The van der Waals surface area contributed by atoms with Gasteiger partial charge < -0.3 is 9.64 Å². The van der Waals surface area contributed by atoms with Crippen molar-refractivity contribution in [3.8, 4) is 17.3 Å². The molecule has 1 saturated carbocycles. The fraction of sp³-hybridized carbons (Fsp3) is 0.360. The molecular formula is C25H23F3N4O2. The van der Waals surface area contributed by atoms with Gasteiger partial charge in [0.25, 0.3) is 5.91 Å². The summed E-state index contributed by atoms with van der Waals surface area (Å²) in [5.74, 6) is 0.253. The molecule has 6 nitrogen and oxygen atoms in total. The molecule has 1 aliphatic carbocycles. The summed E-state index contributed by atoms with van der Waals surface area (Å²) in [5, 5.41) is 0. The molecule has 1 aliphatic heterocycles. The fourth-order valence-corrected chi connectivity index (χ4v) is 4.91. The summed E-state index contributed by atoms with van der Waals surface area (Å²) in [7, 11) is 0. The highest BCUT2D eigenvalue weighted by Gasteiger charge is 2.49. The maximum Gasteiger partial charge on any atom is 0.417 e. The van der Waals surface area contributed by atoms with E-state index in [0.717, 1.165) is 36.2 Å². The third-order valence-electron chi connectivity index (χ3n) is 6.51. The van der Waals surface area contributed by atoms with Gasteiger partial charge >= 0.3 is 6.18 Å². The van der Waals surface area contributed by atoms with Gasteiger partial charge in [0.2, 0.25) is 5.88 Å². The summed E-state index contributed by atoms with van der Waals surface area (Å²) in [6, 6.07) is 7.60. The third-order valence-corrected chi connectivity index (χ3v) is 6.51. The van der Waals surface area contributed by atoms with Crippen LogP contribution in [0.3, 0.4) is 0 Å². The predicted octanol–water partition coefficient (Wildman–Crippen LogP) is 4.86. The topological polar surface area (TPSA) is 68.2 Å². The number of alkyl halides is 3. The molecule has 0 N–H and O–H groups in total. The van der Waals surface area contributed by atoms with Gasteiger partial charge in [-0.05, 0) is 61.9 Å². The summed E-state index contributed by atoms with van der Waals surface area (Å²) < 4.78 is 44.4. The second-order valence-electron chi connectivity index (χ2n) is 8.98. The van der Waals surface area contributed by atoms with Crippen LogP contribution in [0.5, 0.6) is 5.88 Å². The number of amides is 1. The quantitative estimate of drug-likeness (QED) is 0.547. The number of pyridine rings is 3. The third kappa shape index (κ3) is 4.10. The zero-order valence-electron chi connectivity index (χ0n) is 18.7. The number of hydrogen-bond donors (Lipinski definition) is 0. The lowest BCUT2D eigenvalue weighted by atomic mass is 10.0. The lowest BCUT2D eigenvalue weighted by Crippen LogP contribution is -2.47. The highest BCUT2D eigenvalue weighted by atomic mass is 19.4. The van der Waals surface area contributed by atoms with E-state index in [1.807, 2.05) is 32.0 Å². The van der Waals surface area contributed by atoms with Crippen molar-refractivity contribution >= 4 is 5.91 Å². The standard InChI is InChI=1S/C25H23F3N4O2/c1-14-8-18(23(31-11-14)22-15(2)4-3-7-29-22)24(33)32-13-16-9-19(32)20(10-16)34-21-6-5-17(12-30-21)25(26,27)28/h3-8,11-12,16,19-20H,9-10,13H2,1-2H3/t16-,19+,20-/m1/s1. The Morgan fingerprint density at radius 2 is 1.88 bits per heavy atom. The molecule has 4 heterocycles. The van der Waals surface area contributed by atoms with Crippen molar-refractivity contribution in [2.45, 2.75) is 45.0 Å². The highest BCUT2D eigenvalue weighted by Crippen LogP contribution is 2.41. The average molecular weight is 468 g/mol. The molecule has 3 aromatic heterocycles. The number of aryl methyl sites for hydroxylation is 2. The predicted molar refractivity (Wildman–Crippen MR) is 118 cm³/mol. The van der Waals surface area contributed by atoms with Crippen molar-refractivity contribution in [2.24, 2.45) is 5.92 Å². The molecule has 2 bridgehead atoms. The second-order valence-corrected chi connectivity index (χ2v) is 8.98. The number of hydrogen-bond acceptors (Lipinski definition) is 5. The number of ether oxygens (including phenoxy) is 1. The Morgan fingerprint density at radius 1 is 1.06 bits per heavy atom. The maximum atomic E-state index is 13.7. The first-order valence-electron chi connectivity index (χ1n) is 11.1. The molecule has 0 unspecified atom stereocenters. The number of nitrogens with zero attached hydrogens (tertiary/aromatic N) is 4. The van der Waals surface area contributed by atoms with Crippen molar-refractivity contribution in [3.05, 3.63) is 71.2 Å². The van der Waals surface area contributed by atoms with Crippen LogP contribution >= 0.6 is 0 Å². The van der Waals surface area contributed by atoms with Gasteiger partial charge in [-0.1, -0.05) is 6.07 Å². The first-order chi connectivity index (χ1) is 16.2. The Kier molecular flexibility index (Phi) is 5.50. The number of likely N-dealkylation sites (tertiary alicyclic amines) is 1. The number of halogens is 3. The van der Waals surface area contributed by atoms with E-state index < -0.39 is 11.7 Å². The van der Waals surface area contributed by atoms with Gasteiger partial charge in [0.05, 0.1) is 22.9 Å². The van der Waals surface area contributed by atoms with E-state index in [4.69, 9.17) is 4.74 Å². The van der Waals surface area contributed by atoms with Crippen molar-refractivity contribution < 1.29 is 22.7 Å². The molecule has 0 aromatic carbocycles. The molecule has 1 saturated heterocycles. The van der Waals surface area contributed by atoms with E-state index in [1.54, 1.807) is 17.3 Å². The Balaban J connectivity index is 1.39. The molecular weight excluding hydrogens is 445 g/mol. The molecule has 0 radical (unpaired) electrons. The van der Waals surface area contributed by atoms with Crippen molar-refractivity contribution in [1.82, 2.24) is 19.9 Å². The summed E-state index contributed by atoms with van der Waals surface area (Å²) in [6.07, 6.45) is 0.904. The lowest BCUT2D eigenvalue weighted by Gasteiger charge is -2.33. The van der Waals surface area contributed by atoms with Crippen LogP contribution < -0.4 is 4.74 Å². The number of carbonyl (C=O) groups is 1. The minimum Gasteiger partial charge on any atom is -0.472 e. The van der Waals surface area contributed by atoms with E-state index in [0.29, 0.717) is 23.5 Å². The summed E-state index contributed by atoms with van der Waals surface area (Å²) in [6.45, 7) is 4.42. The van der Waals surface area contributed by atoms with Gasteiger partial charge in [-0.2, -0.15) is 13.2 Å². The van der Waals surface area contributed by atoms with Gasteiger partial charge in [-0.15, -0.1) is 0 Å². The number of carbonyl (C=O) groups excluding carboxylic acids is 1. The molecule has 176 valence electrons. The maximum absolute atomic E-state index is 13.7. The van der Waals surface area contributed by atoms with Gasteiger partial charge in [0.1, 0.15) is 11.8 Å². The number of piperidine rings is 1. The van der Waals surface area contributed by atoms with Gasteiger partial charge in [-0.3, -0.25) is 14.8 Å². The van der Waals surface area contributed by atoms with Gasteiger partial charge in [0, 0.05) is 31.2 Å². The summed E-state index contributed by atoms with van der Waals surface area (Å²) in [5.41, 5.74) is 2.65. The first kappa shape index (κ1) is 22.3. The van der Waals surface area contributed by atoms with Crippen LogP contribution in [0.2, 0.25) is 0 Å². The minimum absolute atomic E-state index is 0.125. The highest BCUT2D eigenvalue weighted by molar-refractivity contribution is 6.00. The molecule has 3 aromatic rings. The van der Waals surface area contributed by atoms with Crippen molar-refractivity contribution in [1.29, 1.82) is 0 Å². The molecule has 9 heteroatoms. The molecule has 3 atom stereocenters. The van der Waals surface area contributed by atoms with Gasteiger partial charge in [0.15, 0.2) is 0 Å². The smallest absolute Gasteiger partial charge is 0.417 e. The first-order valence-corrected chi connectivity index (χ1v) is 11.1. The minimum atomic E-state index is -4.45. The van der Waals surface area contributed by atoms with E-state index in [1.165, 1.54) is 6.07 Å². The van der Waals surface area contributed by atoms with Crippen LogP contribution in [0, 0.1) is 19.8 Å². The number of fused-ring (bicyclic) bond motifs is 2. The second kappa shape index (κ2) is 8.38. The summed E-state index contributed by atoms with van der Waals surface area (Å²) >= 11 is 0. The van der Waals surface area contributed by atoms with E-state index in [2.05, 4.69) is 15.0 Å². The number of aromatic nitrogens is 3. The van der Waals surface area contributed by atoms with E-state index >= 15 is 0 Å². The van der Waals surface area contributed by atoms with Crippen molar-refractivity contribution in [3.63, 3.8) is 0 Å². The van der Waals surface area contributed by atoms with Crippen LogP contribution in [0.4, 0.5) is 13.2 Å². The van der Waals surface area contributed by atoms with Crippen LogP contribution in [0.1, 0.15) is 39.9 Å². The molecule has 1 amide bonds. The molecule has 5 rings (SSSR count). The largest absolute Gasteiger partial charge is 0.472 e. The van der Waals surface area contributed by atoms with Gasteiger partial charge in [-0.25, -0.2) is 4.98 Å². The Morgan fingerprint density at radius 3 is 2.56 bits per heavy atom. The zero-order chi connectivity index (χ0) is 24.0. The molecule has 2 aliphatic rings. The average Bonchev–Trinajstić information content (AvgIpc) is 3.40. The fourth-order valence-electron chi connectivity index (χ4n) is 4.91. The SMILES string of the molecule is Cc1cnc(-c2ncccc2C)c(C(=O)N2C[C@H]3C[C@@H](Oc4ccc(C(F)(F)F)cn4)[C@@H]2C3)c1. The van der Waals surface area contributed by atoms with Crippen LogP contribution in [0.15, 0.2) is 48.9 Å². The normalized spacial score (nSPS) is 21.7. The van der Waals surface area contributed by atoms with Crippen molar-refractivity contribution in [2.75, 3.05) is 6.54 Å². The Hall–Kier alpha value is -3.49.